The number of aryl methyl sites for hydroxylation is 1. The molecular weight excluding hydrogens is 466 g/mol. The van der Waals surface area contributed by atoms with E-state index in [-0.39, 0.29) is 32.9 Å². The van der Waals surface area contributed by atoms with E-state index in [1.54, 1.807) is 18.2 Å². The fourth-order valence-electron chi connectivity index (χ4n) is 3.44. The van der Waals surface area contributed by atoms with E-state index < -0.39 is 16.7 Å². The van der Waals surface area contributed by atoms with E-state index in [4.69, 9.17) is 28.2 Å². The Labute approximate surface area is 198 Å². The first-order valence-electron chi connectivity index (χ1n) is 9.83. The maximum absolute atomic E-state index is 13.2. The van der Waals surface area contributed by atoms with E-state index in [1.807, 2.05) is 19.1 Å². The Balaban J connectivity index is 1.71. The van der Waals surface area contributed by atoms with Gasteiger partial charge in [0.05, 0.1) is 15.6 Å². The SMILES string of the molecule is CCc1ccccc1N1C(=O)/C(=C\c2ccc(-c3cc([N+](=O)[O-])ccc3Cl)o2)C(=O)NC1=S. The van der Waals surface area contributed by atoms with Crippen LogP contribution in [0.3, 0.4) is 0 Å². The predicted octanol–water partition coefficient (Wildman–Crippen LogP) is 4.90. The highest BCUT2D eigenvalue weighted by atomic mass is 35.5. The Bertz CT molecular complexity index is 1350. The number of anilines is 1. The number of nitrogens with zero attached hydrogens (tertiary/aromatic N) is 2. The van der Waals surface area contributed by atoms with E-state index in [0.717, 1.165) is 5.56 Å². The minimum atomic E-state index is -0.651. The highest BCUT2D eigenvalue weighted by molar-refractivity contribution is 7.80. The Morgan fingerprint density at radius 1 is 1.18 bits per heavy atom. The molecule has 0 spiro atoms. The highest BCUT2D eigenvalue weighted by Gasteiger charge is 2.35. The van der Waals surface area contributed by atoms with Gasteiger partial charge in [0.2, 0.25) is 0 Å². The summed E-state index contributed by atoms with van der Waals surface area (Å²) >= 11 is 11.4. The first-order valence-corrected chi connectivity index (χ1v) is 10.6. The second kappa shape index (κ2) is 8.97. The van der Waals surface area contributed by atoms with E-state index in [9.17, 15) is 19.7 Å². The van der Waals surface area contributed by atoms with Gasteiger partial charge in [0.1, 0.15) is 17.1 Å². The summed E-state index contributed by atoms with van der Waals surface area (Å²) in [5.41, 5.74) is 1.48. The highest BCUT2D eigenvalue weighted by Crippen LogP contribution is 2.33. The van der Waals surface area contributed by atoms with Crippen molar-refractivity contribution in [3.63, 3.8) is 0 Å². The van der Waals surface area contributed by atoms with Crippen LogP contribution in [0.1, 0.15) is 18.2 Å². The van der Waals surface area contributed by atoms with Crippen molar-refractivity contribution in [1.82, 2.24) is 5.32 Å². The number of rotatable bonds is 5. The lowest BCUT2D eigenvalue weighted by Crippen LogP contribution is -2.54. The summed E-state index contributed by atoms with van der Waals surface area (Å²) in [5, 5.41) is 13.9. The van der Waals surface area contributed by atoms with E-state index in [1.165, 1.54) is 35.2 Å². The Kier molecular flexibility index (Phi) is 6.08. The minimum Gasteiger partial charge on any atom is -0.457 e. The maximum Gasteiger partial charge on any atom is 0.270 e. The van der Waals surface area contributed by atoms with Crippen molar-refractivity contribution in [2.24, 2.45) is 0 Å². The summed E-state index contributed by atoms with van der Waals surface area (Å²) in [6.45, 7) is 1.95. The predicted molar refractivity (Wildman–Crippen MR) is 128 cm³/mol. The summed E-state index contributed by atoms with van der Waals surface area (Å²) < 4.78 is 5.73. The Morgan fingerprint density at radius 3 is 2.67 bits per heavy atom. The number of amides is 2. The van der Waals surface area contributed by atoms with Crippen LogP contribution < -0.4 is 10.2 Å². The second-order valence-electron chi connectivity index (χ2n) is 7.06. The van der Waals surface area contributed by atoms with Gasteiger partial charge in [0.15, 0.2) is 5.11 Å². The number of hydrogen-bond donors (Lipinski definition) is 1. The molecular formula is C23H16ClN3O5S. The molecule has 1 aromatic heterocycles. The molecule has 0 aliphatic carbocycles. The van der Waals surface area contributed by atoms with Gasteiger partial charge in [-0.05, 0) is 54.5 Å². The third-order valence-electron chi connectivity index (χ3n) is 5.05. The van der Waals surface area contributed by atoms with Gasteiger partial charge in [-0.3, -0.25) is 29.9 Å². The van der Waals surface area contributed by atoms with Crippen LogP contribution in [-0.2, 0) is 16.0 Å². The van der Waals surface area contributed by atoms with Gasteiger partial charge in [-0.2, -0.15) is 0 Å². The second-order valence-corrected chi connectivity index (χ2v) is 7.86. The molecule has 1 N–H and O–H groups in total. The fraction of sp³-hybridized carbons (Fsp3) is 0.0870. The average molecular weight is 482 g/mol. The molecule has 0 saturated carbocycles. The van der Waals surface area contributed by atoms with Crippen LogP contribution in [-0.4, -0.2) is 21.9 Å². The quantitative estimate of drug-likeness (QED) is 0.183. The molecule has 0 atom stereocenters. The van der Waals surface area contributed by atoms with Crippen molar-refractivity contribution in [3.05, 3.63) is 86.6 Å². The molecule has 1 saturated heterocycles. The first kappa shape index (κ1) is 22.4. The van der Waals surface area contributed by atoms with Gasteiger partial charge in [-0.1, -0.05) is 36.7 Å². The molecule has 33 heavy (non-hydrogen) atoms. The monoisotopic (exact) mass is 481 g/mol. The van der Waals surface area contributed by atoms with Crippen LogP contribution >= 0.6 is 23.8 Å². The smallest absolute Gasteiger partial charge is 0.270 e. The van der Waals surface area contributed by atoms with Gasteiger partial charge >= 0.3 is 0 Å². The number of benzene rings is 2. The van der Waals surface area contributed by atoms with Crippen molar-refractivity contribution in [2.45, 2.75) is 13.3 Å². The Hall–Kier alpha value is -3.82. The number of hydrogen-bond acceptors (Lipinski definition) is 6. The number of thiocarbonyl (C=S) groups is 1. The van der Waals surface area contributed by atoms with E-state index >= 15 is 0 Å². The molecule has 2 amide bonds. The number of non-ortho nitro benzene ring substituents is 1. The topological polar surface area (TPSA) is 106 Å². The van der Waals surface area contributed by atoms with Crippen LogP contribution in [0.25, 0.3) is 17.4 Å². The molecule has 0 radical (unpaired) electrons. The minimum absolute atomic E-state index is 0.00781. The standard InChI is InChI=1S/C23H16ClN3O5S/c1-2-13-5-3-4-6-19(13)26-22(29)17(21(28)25-23(26)33)12-15-8-10-20(32-15)16-11-14(27(30)31)7-9-18(16)24/h3-12H,2H2,1H3,(H,25,28,33)/b17-12-. The lowest BCUT2D eigenvalue weighted by atomic mass is 10.1. The molecule has 1 fully saturated rings. The van der Waals surface area contributed by atoms with Crippen molar-refractivity contribution >= 4 is 58.2 Å². The largest absolute Gasteiger partial charge is 0.457 e. The van der Waals surface area contributed by atoms with Gasteiger partial charge in [-0.25, -0.2) is 0 Å². The molecule has 1 aliphatic heterocycles. The molecule has 10 heteroatoms. The summed E-state index contributed by atoms with van der Waals surface area (Å²) in [5.74, 6) is -0.789. The van der Waals surface area contributed by atoms with Crippen LogP contribution in [0, 0.1) is 10.1 Å². The van der Waals surface area contributed by atoms with Crippen LogP contribution in [0.5, 0.6) is 0 Å². The zero-order chi connectivity index (χ0) is 23.7. The molecule has 0 bridgehead atoms. The number of furan rings is 1. The normalized spacial score (nSPS) is 15.2. The maximum atomic E-state index is 13.2. The fourth-order valence-corrected chi connectivity index (χ4v) is 3.92. The third kappa shape index (κ3) is 4.28. The molecule has 166 valence electrons. The summed E-state index contributed by atoms with van der Waals surface area (Å²) in [6.07, 6.45) is 1.97. The molecule has 4 rings (SSSR count). The van der Waals surface area contributed by atoms with Crippen LogP contribution in [0.15, 0.2) is 64.6 Å². The summed E-state index contributed by atoms with van der Waals surface area (Å²) in [7, 11) is 0. The number of carbonyl (C=O) groups is 2. The lowest BCUT2D eigenvalue weighted by Gasteiger charge is -2.30. The summed E-state index contributed by atoms with van der Waals surface area (Å²) in [6, 6.07) is 14.3. The molecule has 1 aliphatic rings. The number of nitro benzene ring substituents is 1. The molecule has 3 aromatic rings. The zero-order valence-electron chi connectivity index (χ0n) is 17.2. The van der Waals surface area contributed by atoms with Crippen molar-refractivity contribution in [1.29, 1.82) is 0 Å². The average Bonchev–Trinajstić information content (AvgIpc) is 3.25. The van der Waals surface area contributed by atoms with Gasteiger partial charge in [0.25, 0.3) is 17.5 Å². The van der Waals surface area contributed by atoms with Gasteiger partial charge < -0.3 is 4.42 Å². The number of nitrogens with one attached hydrogen (secondary N) is 1. The first-order chi connectivity index (χ1) is 15.8. The van der Waals surface area contributed by atoms with E-state index in [0.29, 0.717) is 17.7 Å². The number of halogens is 1. The number of para-hydroxylation sites is 1. The Morgan fingerprint density at radius 2 is 1.94 bits per heavy atom. The molecule has 2 aromatic carbocycles. The van der Waals surface area contributed by atoms with Crippen molar-refractivity contribution < 1.29 is 18.9 Å². The molecule has 8 nitrogen and oxygen atoms in total. The van der Waals surface area contributed by atoms with Gasteiger partial charge in [0, 0.05) is 17.7 Å². The number of nitro groups is 1. The van der Waals surface area contributed by atoms with Crippen molar-refractivity contribution in [3.8, 4) is 11.3 Å². The van der Waals surface area contributed by atoms with Crippen LogP contribution in [0.2, 0.25) is 5.02 Å². The lowest BCUT2D eigenvalue weighted by molar-refractivity contribution is -0.384. The zero-order valence-corrected chi connectivity index (χ0v) is 18.8. The van der Waals surface area contributed by atoms with E-state index in [2.05, 4.69) is 5.32 Å². The van der Waals surface area contributed by atoms with Crippen LogP contribution in [0.4, 0.5) is 11.4 Å². The van der Waals surface area contributed by atoms with Gasteiger partial charge in [-0.15, -0.1) is 0 Å². The third-order valence-corrected chi connectivity index (χ3v) is 5.67. The number of carbonyl (C=O) groups excluding carboxylic acids is 2. The van der Waals surface area contributed by atoms with Crippen molar-refractivity contribution in [2.75, 3.05) is 4.90 Å². The summed E-state index contributed by atoms with van der Waals surface area (Å²) in [4.78, 5) is 37.6. The molecule has 0 unspecified atom stereocenters. The molecule has 2 heterocycles.